The van der Waals surface area contributed by atoms with E-state index < -0.39 is 17.9 Å². The summed E-state index contributed by atoms with van der Waals surface area (Å²) in [5.74, 6) is -1.07. The quantitative estimate of drug-likeness (QED) is 0.340. The van der Waals surface area contributed by atoms with E-state index in [1.54, 1.807) is 6.08 Å². The van der Waals surface area contributed by atoms with Crippen LogP contribution in [0.15, 0.2) is 11.6 Å². The van der Waals surface area contributed by atoms with Crippen molar-refractivity contribution in [1.82, 2.24) is 0 Å². The van der Waals surface area contributed by atoms with Gasteiger partial charge in [-0.15, -0.1) is 0 Å². The number of carbonyl (C=O) groups is 2. The maximum atomic E-state index is 11.5. The minimum Gasteiger partial charge on any atom is -0.466 e. The van der Waals surface area contributed by atoms with Crippen molar-refractivity contribution in [2.75, 3.05) is 7.11 Å². The average Bonchev–Trinajstić information content (AvgIpc) is 2.48. The monoisotopic (exact) mass is 298 g/mol. The van der Waals surface area contributed by atoms with Gasteiger partial charge in [0.05, 0.1) is 12.7 Å². The van der Waals surface area contributed by atoms with Crippen molar-refractivity contribution in [3.63, 3.8) is 0 Å². The zero-order valence-electron chi connectivity index (χ0n) is 13.7. The number of Topliss-reactive ketones (excluding diaryl/α,β-unsaturated/α-hetero) is 1. The van der Waals surface area contributed by atoms with E-state index in [-0.39, 0.29) is 5.57 Å². The molecule has 1 N–H and O–H groups in total. The number of allylic oxidation sites excluding steroid dienone is 1. The topological polar surface area (TPSA) is 63.6 Å². The molecule has 0 aliphatic carbocycles. The first-order valence-corrected chi connectivity index (χ1v) is 8.01. The first-order valence-electron chi connectivity index (χ1n) is 8.01. The van der Waals surface area contributed by atoms with Gasteiger partial charge in [-0.3, -0.25) is 4.79 Å². The van der Waals surface area contributed by atoms with E-state index in [2.05, 4.69) is 11.7 Å². The highest BCUT2D eigenvalue weighted by Gasteiger charge is 2.22. The van der Waals surface area contributed by atoms with Gasteiger partial charge in [-0.25, -0.2) is 4.79 Å². The van der Waals surface area contributed by atoms with Crippen LogP contribution in [0, 0.1) is 0 Å². The Labute approximate surface area is 128 Å². The van der Waals surface area contributed by atoms with Crippen LogP contribution in [0.25, 0.3) is 0 Å². The van der Waals surface area contributed by atoms with Crippen molar-refractivity contribution < 1.29 is 19.4 Å². The van der Waals surface area contributed by atoms with Gasteiger partial charge in [-0.2, -0.15) is 0 Å². The second-order valence-electron chi connectivity index (χ2n) is 5.43. The van der Waals surface area contributed by atoms with E-state index in [0.717, 1.165) is 12.8 Å². The third kappa shape index (κ3) is 9.40. The standard InChI is InChI=1S/C17H30O4/c1-4-5-6-7-8-9-10-11-12-13-15(17(20)21-3)16(19)14(2)18/h13,16,19H,4-12H2,1-3H3/b15-13+/t16-/m1/s1. The fourth-order valence-corrected chi connectivity index (χ4v) is 2.18. The number of aliphatic hydroxyl groups is 1. The van der Waals surface area contributed by atoms with E-state index in [9.17, 15) is 14.7 Å². The van der Waals surface area contributed by atoms with Crippen molar-refractivity contribution in [3.05, 3.63) is 11.6 Å². The lowest BCUT2D eigenvalue weighted by Gasteiger charge is -2.10. The molecular formula is C17H30O4. The lowest BCUT2D eigenvalue weighted by atomic mass is 10.0. The van der Waals surface area contributed by atoms with Crippen LogP contribution in [-0.2, 0) is 14.3 Å². The molecule has 1 atom stereocenters. The highest BCUT2D eigenvalue weighted by molar-refractivity contribution is 5.98. The van der Waals surface area contributed by atoms with Gasteiger partial charge in [0.1, 0.15) is 6.10 Å². The van der Waals surface area contributed by atoms with Gasteiger partial charge in [0.2, 0.25) is 0 Å². The van der Waals surface area contributed by atoms with Crippen LogP contribution in [0.1, 0.15) is 71.6 Å². The summed E-state index contributed by atoms with van der Waals surface area (Å²) in [7, 11) is 1.25. The third-order valence-corrected chi connectivity index (χ3v) is 3.52. The molecule has 0 amide bonds. The molecule has 0 aliphatic heterocycles. The first kappa shape index (κ1) is 19.8. The predicted octanol–water partition coefficient (Wildman–Crippen LogP) is 3.57. The Morgan fingerprint density at radius 1 is 1.05 bits per heavy atom. The number of methoxy groups -OCH3 is 1. The molecule has 0 radical (unpaired) electrons. The molecule has 0 spiro atoms. The lowest BCUT2D eigenvalue weighted by molar-refractivity contribution is -0.139. The fraction of sp³-hybridized carbons (Fsp3) is 0.765. The minimum absolute atomic E-state index is 0.0629. The number of hydrogen-bond donors (Lipinski definition) is 1. The molecule has 0 fully saturated rings. The summed E-state index contributed by atoms with van der Waals surface area (Å²) in [4.78, 5) is 22.7. The summed E-state index contributed by atoms with van der Waals surface area (Å²) in [6.45, 7) is 3.47. The van der Waals surface area contributed by atoms with Crippen LogP contribution in [0.2, 0.25) is 0 Å². The second-order valence-corrected chi connectivity index (χ2v) is 5.43. The summed E-state index contributed by atoms with van der Waals surface area (Å²) in [5.41, 5.74) is 0.0629. The number of esters is 1. The zero-order chi connectivity index (χ0) is 16.1. The smallest absolute Gasteiger partial charge is 0.336 e. The molecule has 0 heterocycles. The van der Waals surface area contributed by atoms with Crippen molar-refractivity contribution in [1.29, 1.82) is 0 Å². The molecule has 0 unspecified atom stereocenters. The van der Waals surface area contributed by atoms with Crippen LogP contribution in [0.3, 0.4) is 0 Å². The Morgan fingerprint density at radius 2 is 1.57 bits per heavy atom. The summed E-state index contributed by atoms with van der Waals surface area (Å²) in [5, 5.41) is 9.69. The minimum atomic E-state index is -1.37. The molecule has 0 aliphatic rings. The lowest BCUT2D eigenvalue weighted by Crippen LogP contribution is -2.25. The Hall–Kier alpha value is -1.16. The molecule has 0 aromatic heterocycles. The molecule has 0 aromatic carbocycles. The zero-order valence-corrected chi connectivity index (χ0v) is 13.7. The summed E-state index contributed by atoms with van der Waals surface area (Å²) in [6.07, 6.45) is 10.6. The van der Waals surface area contributed by atoms with Crippen LogP contribution in [-0.4, -0.2) is 30.1 Å². The Kier molecular flexibility index (Phi) is 11.9. The largest absolute Gasteiger partial charge is 0.466 e. The molecule has 0 saturated heterocycles. The van der Waals surface area contributed by atoms with Gasteiger partial charge in [-0.1, -0.05) is 57.9 Å². The molecule has 0 saturated carbocycles. The van der Waals surface area contributed by atoms with Gasteiger partial charge in [0.25, 0.3) is 0 Å². The maximum absolute atomic E-state index is 11.5. The van der Waals surface area contributed by atoms with E-state index >= 15 is 0 Å². The van der Waals surface area contributed by atoms with Gasteiger partial charge < -0.3 is 9.84 Å². The molecule has 21 heavy (non-hydrogen) atoms. The number of unbranched alkanes of at least 4 members (excludes halogenated alkanes) is 8. The van der Waals surface area contributed by atoms with Gasteiger partial charge in [0.15, 0.2) is 5.78 Å². The molecule has 122 valence electrons. The Balaban J connectivity index is 3.99. The SMILES string of the molecule is CCCCCCCCCC/C=C(/C(=O)OC)[C@H](O)C(C)=O. The maximum Gasteiger partial charge on any atom is 0.336 e. The van der Waals surface area contributed by atoms with Crippen LogP contribution in [0.4, 0.5) is 0 Å². The summed E-state index contributed by atoms with van der Waals surface area (Å²) in [6, 6.07) is 0. The molecule has 0 bridgehead atoms. The molecular weight excluding hydrogens is 268 g/mol. The third-order valence-electron chi connectivity index (χ3n) is 3.52. The van der Waals surface area contributed by atoms with E-state index in [1.807, 2.05) is 0 Å². The number of aliphatic hydroxyl groups excluding tert-OH is 1. The fourth-order valence-electron chi connectivity index (χ4n) is 2.18. The predicted molar refractivity (Wildman–Crippen MR) is 84.0 cm³/mol. The van der Waals surface area contributed by atoms with Crippen molar-refractivity contribution in [2.24, 2.45) is 0 Å². The number of hydrogen-bond acceptors (Lipinski definition) is 4. The van der Waals surface area contributed by atoms with Crippen LogP contribution >= 0.6 is 0 Å². The van der Waals surface area contributed by atoms with Gasteiger partial charge >= 0.3 is 5.97 Å². The average molecular weight is 298 g/mol. The summed E-state index contributed by atoms with van der Waals surface area (Å²) >= 11 is 0. The second kappa shape index (κ2) is 12.6. The van der Waals surface area contributed by atoms with Crippen molar-refractivity contribution in [3.8, 4) is 0 Å². The number of carbonyl (C=O) groups excluding carboxylic acids is 2. The number of ketones is 1. The Morgan fingerprint density at radius 3 is 2.05 bits per heavy atom. The Bertz CT molecular complexity index is 334. The van der Waals surface area contributed by atoms with Crippen molar-refractivity contribution in [2.45, 2.75) is 77.7 Å². The van der Waals surface area contributed by atoms with Crippen molar-refractivity contribution >= 4 is 11.8 Å². The van der Waals surface area contributed by atoms with E-state index in [0.29, 0.717) is 6.42 Å². The van der Waals surface area contributed by atoms with Gasteiger partial charge in [-0.05, 0) is 19.8 Å². The normalized spacial score (nSPS) is 13.0. The molecule has 4 nitrogen and oxygen atoms in total. The number of rotatable bonds is 12. The van der Waals surface area contributed by atoms with Crippen LogP contribution < -0.4 is 0 Å². The highest BCUT2D eigenvalue weighted by atomic mass is 16.5. The molecule has 0 rings (SSSR count). The molecule has 0 aromatic rings. The summed E-state index contributed by atoms with van der Waals surface area (Å²) < 4.78 is 4.60. The van der Waals surface area contributed by atoms with E-state index in [4.69, 9.17) is 0 Å². The van der Waals surface area contributed by atoms with E-state index in [1.165, 1.54) is 52.6 Å². The molecule has 4 heteroatoms. The van der Waals surface area contributed by atoms with Gasteiger partial charge in [0, 0.05) is 0 Å². The first-order chi connectivity index (χ1) is 10.0. The number of ether oxygens (including phenoxy) is 1. The highest BCUT2D eigenvalue weighted by Crippen LogP contribution is 2.13. The van der Waals surface area contributed by atoms with Crippen LogP contribution in [0.5, 0.6) is 0 Å².